The van der Waals surface area contributed by atoms with Crippen molar-refractivity contribution in [2.45, 2.75) is 46.1 Å². The minimum absolute atomic E-state index is 0.0676. The molecule has 1 rings (SSSR count). The van der Waals surface area contributed by atoms with Gasteiger partial charge in [-0.15, -0.1) is 0 Å². The van der Waals surface area contributed by atoms with Crippen LogP contribution in [0.15, 0.2) is 18.2 Å². The van der Waals surface area contributed by atoms with E-state index in [1.807, 2.05) is 6.92 Å². The van der Waals surface area contributed by atoms with Crippen LogP contribution < -0.4 is 4.74 Å². The van der Waals surface area contributed by atoms with E-state index in [1.54, 1.807) is 24.1 Å². The number of ether oxygens (including phenoxy) is 1. The molecule has 0 fully saturated rings. The minimum atomic E-state index is -0.395. The lowest BCUT2D eigenvalue weighted by atomic mass is 9.97. The van der Waals surface area contributed by atoms with Gasteiger partial charge in [-0.1, -0.05) is 32.8 Å². The molecular weight excluding hydrogens is 269 g/mol. The van der Waals surface area contributed by atoms with Gasteiger partial charge in [-0.3, -0.25) is 4.79 Å². The Kier molecular flexibility index (Phi) is 7.20. The van der Waals surface area contributed by atoms with Crippen molar-refractivity contribution < 1.29 is 13.9 Å². The predicted molar refractivity (Wildman–Crippen MR) is 82.7 cm³/mol. The van der Waals surface area contributed by atoms with Crippen LogP contribution in [-0.2, 0) is 11.3 Å². The fourth-order valence-corrected chi connectivity index (χ4v) is 2.42. The number of benzene rings is 1. The lowest BCUT2D eigenvalue weighted by molar-refractivity contribution is -0.135. The van der Waals surface area contributed by atoms with Gasteiger partial charge >= 0.3 is 0 Å². The maximum atomic E-state index is 13.7. The predicted octanol–water partition coefficient (Wildman–Crippen LogP) is 4.01. The van der Waals surface area contributed by atoms with E-state index in [0.29, 0.717) is 6.54 Å². The molecular formula is C17H26FNO2. The molecule has 0 bridgehead atoms. The van der Waals surface area contributed by atoms with Gasteiger partial charge in [0, 0.05) is 19.5 Å². The van der Waals surface area contributed by atoms with E-state index in [1.165, 1.54) is 13.2 Å². The van der Waals surface area contributed by atoms with Crippen molar-refractivity contribution in [3.8, 4) is 5.75 Å². The fraction of sp³-hybridized carbons (Fsp3) is 0.588. The second-order valence-electron chi connectivity index (χ2n) is 5.41. The Morgan fingerprint density at radius 1 is 1.38 bits per heavy atom. The lowest BCUT2D eigenvalue weighted by Gasteiger charge is -2.23. The van der Waals surface area contributed by atoms with Crippen LogP contribution in [0, 0.1) is 11.7 Å². The van der Waals surface area contributed by atoms with Crippen molar-refractivity contribution >= 4 is 5.91 Å². The van der Waals surface area contributed by atoms with Gasteiger partial charge in [-0.2, -0.15) is 0 Å². The molecule has 0 aromatic heterocycles. The number of hydrogen-bond donors (Lipinski definition) is 0. The smallest absolute Gasteiger partial charge is 0.225 e. The van der Waals surface area contributed by atoms with Crippen LogP contribution in [0.4, 0.5) is 4.39 Å². The molecule has 1 aromatic rings. The van der Waals surface area contributed by atoms with Crippen LogP contribution in [0.2, 0.25) is 0 Å². The molecule has 0 aliphatic rings. The number of carbonyl (C=O) groups excluding carboxylic acids is 1. The number of unbranched alkanes of at least 4 members (excludes halogenated alkanes) is 1. The molecule has 0 heterocycles. The fourth-order valence-electron chi connectivity index (χ4n) is 2.42. The molecule has 21 heavy (non-hydrogen) atoms. The molecule has 0 spiro atoms. The van der Waals surface area contributed by atoms with Crippen molar-refractivity contribution in [3.63, 3.8) is 0 Å². The highest BCUT2D eigenvalue weighted by atomic mass is 19.1. The molecule has 0 N–H and O–H groups in total. The number of methoxy groups -OCH3 is 1. The van der Waals surface area contributed by atoms with E-state index in [4.69, 9.17) is 4.74 Å². The van der Waals surface area contributed by atoms with Crippen molar-refractivity contribution in [3.05, 3.63) is 29.6 Å². The third-order valence-electron chi connectivity index (χ3n) is 3.76. The van der Waals surface area contributed by atoms with Crippen LogP contribution in [0.25, 0.3) is 0 Å². The Balaban J connectivity index is 2.68. The first-order valence-electron chi connectivity index (χ1n) is 7.60. The van der Waals surface area contributed by atoms with Gasteiger partial charge < -0.3 is 9.64 Å². The summed E-state index contributed by atoms with van der Waals surface area (Å²) in [6.45, 7) is 4.59. The highest BCUT2D eigenvalue weighted by molar-refractivity contribution is 5.78. The third kappa shape index (κ3) is 5.03. The monoisotopic (exact) mass is 295 g/mol. The first kappa shape index (κ1) is 17.5. The highest BCUT2D eigenvalue weighted by Crippen LogP contribution is 2.20. The van der Waals surface area contributed by atoms with Crippen LogP contribution in [-0.4, -0.2) is 25.0 Å². The Bertz CT molecular complexity index is 462. The highest BCUT2D eigenvalue weighted by Gasteiger charge is 2.20. The van der Waals surface area contributed by atoms with Crippen molar-refractivity contribution in [1.29, 1.82) is 0 Å². The second-order valence-corrected chi connectivity index (χ2v) is 5.41. The number of carbonyl (C=O) groups is 1. The largest absolute Gasteiger partial charge is 0.494 e. The molecule has 0 aliphatic heterocycles. The zero-order chi connectivity index (χ0) is 15.8. The summed E-state index contributed by atoms with van der Waals surface area (Å²) >= 11 is 0. The Morgan fingerprint density at radius 3 is 2.62 bits per heavy atom. The van der Waals surface area contributed by atoms with E-state index in [-0.39, 0.29) is 17.6 Å². The molecule has 1 atom stereocenters. The second kappa shape index (κ2) is 8.65. The third-order valence-corrected chi connectivity index (χ3v) is 3.76. The number of rotatable bonds is 8. The van der Waals surface area contributed by atoms with Gasteiger partial charge in [0.25, 0.3) is 0 Å². The summed E-state index contributed by atoms with van der Waals surface area (Å²) in [7, 11) is 3.21. The average Bonchev–Trinajstić information content (AvgIpc) is 2.48. The molecule has 118 valence electrons. The van der Waals surface area contributed by atoms with Gasteiger partial charge in [-0.25, -0.2) is 4.39 Å². The van der Waals surface area contributed by atoms with E-state index in [9.17, 15) is 9.18 Å². The molecule has 3 nitrogen and oxygen atoms in total. The summed E-state index contributed by atoms with van der Waals surface area (Å²) in [5, 5.41) is 0. The maximum absolute atomic E-state index is 13.7. The Hall–Kier alpha value is -1.58. The molecule has 0 radical (unpaired) electrons. The Labute approximate surface area is 127 Å². The molecule has 0 saturated carbocycles. The zero-order valence-electron chi connectivity index (χ0n) is 13.5. The van der Waals surface area contributed by atoms with E-state index >= 15 is 0 Å². The summed E-state index contributed by atoms with van der Waals surface area (Å²) in [6, 6.07) is 4.81. The van der Waals surface area contributed by atoms with Gasteiger partial charge in [0.2, 0.25) is 5.91 Å². The molecule has 0 aliphatic carbocycles. The van der Waals surface area contributed by atoms with Crippen LogP contribution in [0.1, 0.15) is 45.1 Å². The maximum Gasteiger partial charge on any atom is 0.225 e. The molecule has 1 amide bonds. The van der Waals surface area contributed by atoms with Gasteiger partial charge in [0.15, 0.2) is 11.6 Å². The first-order chi connectivity index (χ1) is 10.0. The van der Waals surface area contributed by atoms with E-state index < -0.39 is 5.82 Å². The summed E-state index contributed by atoms with van der Waals surface area (Å²) < 4.78 is 18.6. The molecule has 1 unspecified atom stereocenters. The lowest BCUT2D eigenvalue weighted by Crippen LogP contribution is -2.32. The molecule has 1 aromatic carbocycles. The van der Waals surface area contributed by atoms with Crippen LogP contribution in [0.5, 0.6) is 5.75 Å². The van der Waals surface area contributed by atoms with Gasteiger partial charge in [-0.05, 0) is 30.5 Å². The SMILES string of the molecule is CCCCC(CC)C(=O)N(C)Cc1ccc(OC)c(F)c1. The van der Waals surface area contributed by atoms with E-state index in [2.05, 4.69) is 6.92 Å². The number of hydrogen-bond acceptors (Lipinski definition) is 2. The number of amides is 1. The minimum Gasteiger partial charge on any atom is -0.494 e. The average molecular weight is 295 g/mol. The van der Waals surface area contributed by atoms with Gasteiger partial charge in [0.05, 0.1) is 7.11 Å². The summed E-state index contributed by atoms with van der Waals surface area (Å²) in [6.07, 6.45) is 3.93. The van der Waals surface area contributed by atoms with Crippen molar-refractivity contribution in [2.75, 3.05) is 14.2 Å². The quantitative estimate of drug-likeness (QED) is 0.725. The van der Waals surface area contributed by atoms with Crippen molar-refractivity contribution in [2.24, 2.45) is 5.92 Å². The van der Waals surface area contributed by atoms with Crippen LogP contribution in [0.3, 0.4) is 0 Å². The van der Waals surface area contributed by atoms with Crippen LogP contribution >= 0.6 is 0 Å². The van der Waals surface area contributed by atoms with Gasteiger partial charge in [0.1, 0.15) is 0 Å². The van der Waals surface area contributed by atoms with E-state index in [0.717, 1.165) is 31.2 Å². The normalized spacial score (nSPS) is 12.0. The Morgan fingerprint density at radius 2 is 2.10 bits per heavy atom. The molecule has 0 saturated heterocycles. The topological polar surface area (TPSA) is 29.5 Å². The number of nitrogens with zero attached hydrogens (tertiary/aromatic N) is 1. The summed E-state index contributed by atoms with van der Waals surface area (Å²) in [4.78, 5) is 14.1. The summed E-state index contributed by atoms with van der Waals surface area (Å²) in [5.74, 6) is 0.0382. The van der Waals surface area contributed by atoms with Crippen molar-refractivity contribution in [1.82, 2.24) is 4.90 Å². The standard InChI is InChI=1S/C17H26FNO2/c1-5-7-8-14(6-2)17(20)19(3)12-13-9-10-16(21-4)15(18)11-13/h9-11,14H,5-8,12H2,1-4H3. The zero-order valence-corrected chi connectivity index (χ0v) is 13.5. The number of halogens is 1. The first-order valence-corrected chi connectivity index (χ1v) is 7.60. The summed E-state index contributed by atoms with van der Waals surface area (Å²) in [5.41, 5.74) is 0.773. The molecule has 4 heteroatoms.